The first-order valence-corrected chi connectivity index (χ1v) is 7.82. The summed E-state index contributed by atoms with van der Waals surface area (Å²) >= 11 is 1.77. The second-order valence-electron chi connectivity index (χ2n) is 5.11. The lowest BCUT2D eigenvalue weighted by Crippen LogP contribution is -2.31. The average Bonchev–Trinajstić information content (AvgIpc) is 2.78. The zero-order valence-electron chi connectivity index (χ0n) is 12.4. The highest BCUT2D eigenvalue weighted by molar-refractivity contribution is 7.15. The first-order valence-electron chi connectivity index (χ1n) is 7.01. The van der Waals surface area contributed by atoms with Crippen LogP contribution in [0.4, 0.5) is 5.13 Å². The monoisotopic (exact) mass is 269 g/mol. The Bertz CT molecular complexity index is 360. The van der Waals surface area contributed by atoms with Crippen LogP contribution in [0.3, 0.4) is 0 Å². The van der Waals surface area contributed by atoms with Crippen molar-refractivity contribution in [2.45, 2.75) is 66.0 Å². The molecule has 104 valence electrons. The van der Waals surface area contributed by atoms with Crippen LogP contribution in [0.2, 0.25) is 0 Å². The van der Waals surface area contributed by atoms with Gasteiger partial charge in [-0.05, 0) is 32.6 Å². The van der Waals surface area contributed by atoms with Crippen LogP contribution in [0.15, 0.2) is 0 Å². The third kappa shape index (κ3) is 3.45. The summed E-state index contributed by atoms with van der Waals surface area (Å²) in [7, 11) is 0. The molecule has 1 aromatic rings. The van der Waals surface area contributed by atoms with Crippen LogP contribution in [0.25, 0.3) is 0 Å². The van der Waals surface area contributed by atoms with Crippen molar-refractivity contribution in [1.29, 1.82) is 0 Å². The van der Waals surface area contributed by atoms with Crippen LogP contribution in [-0.2, 0) is 6.54 Å². The predicted molar refractivity (Wildman–Crippen MR) is 81.5 cm³/mol. The molecule has 4 heteroatoms. The van der Waals surface area contributed by atoms with Gasteiger partial charge in [0, 0.05) is 24.0 Å². The summed E-state index contributed by atoms with van der Waals surface area (Å²) in [5.74, 6) is 0.504. The van der Waals surface area contributed by atoms with E-state index in [1.54, 1.807) is 11.3 Å². The summed E-state index contributed by atoms with van der Waals surface area (Å²) in [5, 5.41) is 1.14. The third-order valence-electron chi connectivity index (χ3n) is 3.31. The Kier molecular flexibility index (Phi) is 6.09. The first kappa shape index (κ1) is 15.4. The topological polar surface area (TPSA) is 42.2 Å². The predicted octanol–water partition coefficient (Wildman–Crippen LogP) is 3.74. The summed E-state index contributed by atoms with van der Waals surface area (Å²) in [6.07, 6.45) is 2.26. The summed E-state index contributed by atoms with van der Waals surface area (Å²) in [6, 6.07) is 0.492. The van der Waals surface area contributed by atoms with Crippen LogP contribution in [0.5, 0.6) is 0 Å². The van der Waals surface area contributed by atoms with Gasteiger partial charge in [0.2, 0.25) is 0 Å². The molecular weight excluding hydrogens is 242 g/mol. The van der Waals surface area contributed by atoms with Crippen LogP contribution in [0.1, 0.15) is 63.9 Å². The van der Waals surface area contributed by atoms with E-state index in [0.29, 0.717) is 18.5 Å². The fourth-order valence-corrected chi connectivity index (χ4v) is 3.23. The highest BCUT2D eigenvalue weighted by Gasteiger charge is 2.19. The lowest BCUT2D eigenvalue weighted by molar-refractivity contribution is 0.659. The molecule has 1 atom stereocenters. The molecule has 0 bridgehead atoms. The van der Waals surface area contributed by atoms with Gasteiger partial charge in [-0.3, -0.25) is 0 Å². The van der Waals surface area contributed by atoms with Gasteiger partial charge >= 0.3 is 0 Å². The number of rotatable bonds is 7. The van der Waals surface area contributed by atoms with Gasteiger partial charge in [0.15, 0.2) is 5.13 Å². The molecule has 0 saturated heterocycles. The van der Waals surface area contributed by atoms with E-state index >= 15 is 0 Å². The fourth-order valence-electron chi connectivity index (χ4n) is 2.01. The normalized spacial score (nSPS) is 13.1. The minimum Gasteiger partial charge on any atom is -0.346 e. The zero-order chi connectivity index (χ0) is 13.7. The van der Waals surface area contributed by atoms with Crippen molar-refractivity contribution in [1.82, 2.24) is 4.98 Å². The molecule has 0 fully saturated rings. The maximum Gasteiger partial charge on any atom is 0.186 e. The van der Waals surface area contributed by atoms with Crippen molar-refractivity contribution in [2.75, 3.05) is 11.4 Å². The number of anilines is 1. The van der Waals surface area contributed by atoms with E-state index in [9.17, 15) is 0 Å². The Labute approximate surface area is 115 Å². The molecule has 18 heavy (non-hydrogen) atoms. The van der Waals surface area contributed by atoms with E-state index in [0.717, 1.165) is 24.5 Å². The average molecular weight is 269 g/mol. The standard InChI is InChI=1S/C14H27N3S/c1-6-8-17(10(3)4)14-16-13(11(5)7-2)12(9-15)18-14/h10-11H,6-9,15H2,1-5H3. The van der Waals surface area contributed by atoms with E-state index in [-0.39, 0.29) is 0 Å². The molecule has 2 N–H and O–H groups in total. The highest BCUT2D eigenvalue weighted by atomic mass is 32.1. The molecule has 0 radical (unpaired) electrons. The van der Waals surface area contributed by atoms with Crippen molar-refractivity contribution in [2.24, 2.45) is 5.73 Å². The second kappa shape index (κ2) is 7.10. The fraction of sp³-hybridized carbons (Fsp3) is 0.786. The van der Waals surface area contributed by atoms with Crippen molar-refractivity contribution >= 4 is 16.5 Å². The largest absolute Gasteiger partial charge is 0.346 e. The van der Waals surface area contributed by atoms with Gasteiger partial charge in [-0.2, -0.15) is 0 Å². The smallest absolute Gasteiger partial charge is 0.186 e. The molecular formula is C14H27N3S. The lowest BCUT2D eigenvalue weighted by Gasteiger charge is -2.25. The molecule has 0 saturated carbocycles. The molecule has 1 aromatic heterocycles. The van der Waals surface area contributed by atoms with E-state index in [2.05, 4.69) is 39.5 Å². The van der Waals surface area contributed by atoms with E-state index < -0.39 is 0 Å². The van der Waals surface area contributed by atoms with Gasteiger partial charge in [0.1, 0.15) is 0 Å². The van der Waals surface area contributed by atoms with Gasteiger partial charge in [-0.15, -0.1) is 11.3 Å². The molecule has 1 rings (SSSR count). The van der Waals surface area contributed by atoms with Gasteiger partial charge in [0.25, 0.3) is 0 Å². The third-order valence-corrected chi connectivity index (χ3v) is 4.44. The Hall–Kier alpha value is -0.610. The molecule has 0 aliphatic rings. The Morgan fingerprint density at radius 2 is 1.94 bits per heavy atom. The van der Waals surface area contributed by atoms with E-state index in [1.807, 2.05) is 0 Å². The maximum atomic E-state index is 5.86. The van der Waals surface area contributed by atoms with Crippen molar-refractivity contribution in [3.63, 3.8) is 0 Å². The Balaban J connectivity index is 3.05. The molecule has 3 nitrogen and oxygen atoms in total. The van der Waals surface area contributed by atoms with Crippen molar-refractivity contribution < 1.29 is 0 Å². The van der Waals surface area contributed by atoms with Gasteiger partial charge in [-0.25, -0.2) is 4.98 Å². The second-order valence-corrected chi connectivity index (χ2v) is 6.17. The first-order chi connectivity index (χ1) is 8.54. The van der Waals surface area contributed by atoms with Crippen molar-refractivity contribution in [3.05, 3.63) is 10.6 Å². The molecule has 1 unspecified atom stereocenters. The zero-order valence-corrected chi connectivity index (χ0v) is 13.2. The molecule has 0 aliphatic carbocycles. The van der Waals surface area contributed by atoms with E-state index in [1.165, 1.54) is 10.6 Å². The number of hydrogen-bond donors (Lipinski definition) is 1. The van der Waals surface area contributed by atoms with Crippen LogP contribution in [0, 0.1) is 0 Å². The van der Waals surface area contributed by atoms with E-state index in [4.69, 9.17) is 10.7 Å². The number of hydrogen-bond acceptors (Lipinski definition) is 4. The Morgan fingerprint density at radius 1 is 1.28 bits per heavy atom. The number of aromatic nitrogens is 1. The van der Waals surface area contributed by atoms with Crippen LogP contribution >= 0.6 is 11.3 Å². The highest BCUT2D eigenvalue weighted by Crippen LogP contribution is 2.32. The minimum atomic E-state index is 0.492. The van der Waals surface area contributed by atoms with Crippen LogP contribution in [-0.4, -0.2) is 17.6 Å². The van der Waals surface area contributed by atoms with Gasteiger partial charge in [0.05, 0.1) is 5.69 Å². The molecule has 0 aromatic carbocycles. The summed E-state index contributed by atoms with van der Waals surface area (Å²) in [6.45, 7) is 12.8. The molecule has 0 amide bonds. The Morgan fingerprint density at radius 3 is 2.39 bits per heavy atom. The summed E-state index contributed by atoms with van der Waals surface area (Å²) < 4.78 is 0. The summed E-state index contributed by atoms with van der Waals surface area (Å²) in [5.41, 5.74) is 7.07. The molecule has 0 aliphatic heterocycles. The molecule has 0 spiro atoms. The van der Waals surface area contributed by atoms with Gasteiger partial charge < -0.3 is 10.6 Å². The van der Waals surface area contributed by atoms with Gasteiger partial charge in [-0.1, -0.05) is 20.8 Å². The SMILES string of the molecule is CCCN(c1nc(C(C)CC)c(CN)s1)C(C)C. The maximum absolute atomic E-state index is 5.86. The van der Waals surface area contributed by atoms with Crippen LogP contribution < -0.4 is 10.6 Å². The number of nitrogens with two attached hydrogens (primary N) is 1. The minimum absolute atomic E-state index is 0.492. The number of nitrogens with zero attached hydrogens (tertiary/aromatic N) is 2. The molecule has 1 heterocycles. The lowest BCUT2D eigenvalue weighted by atomic mass is 10.0. The summed E-state index contributed by atoms with van der Waals surface area (Å²) in [4.78, 5) is 8.49. The van der Waals surface area contributed by atoms with Crippen molar-refractivity contribution in [3.8, 4) is 0 Å². The number of thiazole rings is 1. The quantitative estimate of drug-likeness (QED) is 0.820.